The summed E-state index contributed by atoms with van der Waals surface area (Å²) in [6, 6.07) is 1.88. The highest BCUT2D eigenvalue weighted by molar-refractivity contribution is 6.10. The topological polar surface area (TPSA) is 147 Å². The number of aliphatic hydroxyl groups is 1. The molecule has 0 bridgehead atoms. The second-order valence-electron chi connectivity index (χ2n) is 26.9. The van der Waals surface area contributed by atoms with E-state index in [1.165, 1.54) is 5.57 Å². The molecule has 0 saturated heterocycles. The molecule has 360 valence electrons. The molecule has 1 aromatic carbocycles. The van der Waals surface area contributed by atoms with Crippen molar-refractivity contribution >= 4 is 23.5 Å². The number of rotatable bonds is 2. The van der Waals surface area contributed by atoms with Crippen molar-refractivity contribution in [3.8, 4) is 11.5 Å². The highest BCUT2D eigenvalue weighted by Gasteiger charge is 2.72. The molecule has 67 heavy (non-hydrogen) atoms. The molecule has 0 spiro atoms. The Hall–Kier alpha value is -3.98. The molecule has 11 rings (SSSR count). The van der Waals surface area contributed by atoms with Gasteiger partial charge in [-0.1, -0.05) is 73.1 Å². The van der Waals surface area contributed by atoms with Crippen LogP contribution in [0.3, 0.4) is 0 Å². The van der Waals surface area contributed by atoms with Crippen LogP contribution in [0.25, 0.3) is 0 Å². The average Bonchev–Trinajstić information content (AvgIpc) is 3.25. The predicted molar refractivity (Wildman–Crippen MR) is 255 cm³/mol. The van der Waals surface area contributed by atoms with E-state index >= 15 is 0 Å². The second kappa shape index (κ2) is 12.9. The minimum Gasteiger partial charge on any atom is -0.481 e. The Morgan fingerprint density at radius 3 is 1.64 bits per heavy atom. The Labute approximate surface area is 397 Å². The molecule has 0 radical (unpaired) electrons. The first-order valence-corrected chi connectivity index (χ1v) is 25.6. The van der Waals surface area contributed by atoms with Gasteiger partial charge in [-0.2, -0.15) is 0 Å². The van der Waals surface area contributed by atoms with E-state index in [2.05, 4.69) is 61.5 Å². The molecule has 2 unspecified atom stereocenters. The maximum Gasteiger partial charge on any atom is 0.317 e. The van der Waals surface area contributed by atoms with Crippen molar-refractivity contribution in [1.82, 2.24) is 0 Å². The van der Waals surface area contributed by atoms with E-state index in [4.69, 9.17) is 9.47 Å². The fourth-order valence-corrected chi connectivity index (χ4v) is 18.4. The van der Waals surface area contributed by atoms with Crippen LogP contribution in [0.5, 0.6) is 11.5 Å². The number of carbonyl (C=O) groups is 4. The Bertz CT molecular complexity index is 2690. The zero-order chi connectivity index (χ0) is 48.5. The molecule has 9 nitrogen and oxygen atoms in total. The van der Waals surface area contributed by atoms with Crippen molar-refractivity contribution in [1.29, 1.82) is 0 Å². The zero-order valence-corrected chi connectivity index (χ0v) is 42.2. The number of benzene rings is 1. The molecule has 3 N–H and O–H groups in total. The molecule has 0 amide bonds. The third-order valence-electron chi connectivity index (χ3n) is 23.9. The number of fused-ring (bicyclic) bond motifs is 17. The van der Waals surface area contributed by atoms with Crippen molar-refractivity contribution in [3.05, 3.63) is 69.4 Å². The highest BCUT2D eigenvalue weighted by Crippen LogP contribution is 2.78. The molecular weight excluding hydrogens is 841 g/mol. The van der Waals surface area contributed by atoms with E-state index in [1.807, 2.05) is 39.0 Å². The van der Waals surface area contributed by atoms with Gasteiger partial charge in [-0.15, -0.1) is 0 Å². The molecule has 9 heteroatoms. The molecule has 1 aliphatic heterocycles. The number of allylic oxidation sites excluding steroid dienone is 5. The van der Waals surface area contributed by atoms with E-state index < -0.39 is 50.8 Å². The lowest BCUT2D eigenvalue weighted by molar-refractivity contribution is -0.231. The third-order valence-corrected chi connectivity index (χ3v) is 23.9. The van der Waals surface area contributed by atoms with Gasteiger partial charge in [-0.3, -0.25) is 19.2 Å². The summed E-state index contributed by atoms with van der Waals surface area (Å²) < 4.78 is 13.8. The number of carboxylic acids is 2. The molecule has 1 aromatic rings. The van der Waals surface area contributed by atoms with Gasteiger partial charge in [-0.05, 0) is 197 Å². The normalized spacial score (nSPS) is 50.0. The van der Waals surface area contributed by atoms with Crippen LogP contribution >= 0.6 is 0 Å². The summed E-state index contributed by atoms with van der Waals surface area (Å²) in [7, 11) is 0. The molecule has 9 aliphatic carbocycles. The van der Waals surface area contributed by atoms with Gasteiger partial charge in [0.2, 0.25) is 11.4 Å². The van der Waals surface area contributed by atoms with Crippen LogP contribution < -0.4 is 9.47 Å². The summed E-state index contributed by atoms with van der Waals surface area (Å²) in [5.41, 5.74) is 0.664. The van der Waals surface area contributed by atoms with Gasteiger partial charge in [0.15, 0.2) is 17.3 Å². The number of ketones is 2. The Kier molecular flexibility index (Phi) is 8.72. The van der Waals surface area contributed by atoms with Crippen LogP contribution in [0.1, 0.15) is 188 Å². The highest BCUT2D eigenvalue weighted by atomic mass is 16.7. The SMILES string of the molecule is Cc1c2c(cc3c1C(=O)C=C1[C@@]3(C)CC[C@@]3(C)C4C[C@](C)(C(=O)O)CC[C@]4(C)CC[C@]13C)O[C@]1(O)C(=O)C=C3C(=CC=C4[C@@]3(C)CC[C@@]3(C)C5C[C@](C)(C(=O)O)CC[C@]5(C)CC[C@]43C)[C@]1(C)O2. The number of hydrogen-bond acceptors (Lipinski definition) is 7. The van der Waals surface area contributed by atoms with Gasteiger partial charge in [0.05, 0.1) is 10.8 Å². The van der Waals surface area contributed by atoms with Gasteiger partial charge < -0.3 is 24.8 Å². The van der Waals surface area contributed by atoms with Crippen LogP contribution in [-0.4, -0.2) is 50.2 Å². The summed E-state index contributed by atoms with van der Waals surface area (Å²) >= 11 is 0. The fraction of sp³-hybridized carbons (Fsp3) is 0.690. The lowest BCUT2D eigenvalue weighted by Crippen LogP contribution is -2.70. The quantitative estimate of drug-likeness (QED) is 0.264. The third kappa shape index (κ3) is 5.07. The molecular formula is C58H74O9. The van der Waals surface area contributed by atoms with Gasteiger partial charge >= 0.3 is 17.7 Å². The minimum absolute atomic E-state index is 0.0229. The van der Waals surface area contributed by atoms with E-state index in [9.17, 15) is 34.5 Å². The molecule has 1 heterocycles. The first-order valence-electron chi connectivity index (χ1n) is 25.6. The lowest BCUT2D eigenvalue weighted by atomic mass is 9.34. The van der Waals surface area contributed by atoms with Gasteiger partial charge in [0.25, 0.3) is 0 Å². The zero-order valence-electron chi connectivity index (χ0n) is 42.2. The standard InChI is InChI=1S/C58H74O9/c1-32-43-35(52(7)22-26-56(11)41-31-50(5,46(63)64)18-16-48(41,3)20-24-54(56,9)39(52)29-36(43)59)27-37-44(32)67-57(12)33-13-14-38-51(6,34(33)28-42(60)58(57,65)66-37)21-25-55(10)40-30-49(4,45(61)62)17-15-47(40,2)19-23-53(38,55)8/h13-14,27-29,40-41,65H,15-26,30-31H2,1-12H3,(H,61,62)(H,63,64)/t40?,41?,47-,48-,49-,50-,51+,52+,53-,54-,55+,56+,57+,58-/m1/s1. The largest absolute Gasteiger partial charge is 0.481 e. The number of carboxylic acid groups (broad SMARTS) is 2. The van der Waals surface area contributed by atoms with Crippen LogP contribution in [0.15, 0.2) is 52.7 Å². The van der Waals surface area contributed by atoms with Crippen LogP contribution in [-0.2, 0) is 19.8 Å². The Morgan fingerprint density at radius 1 is 0.597 bits per heavy atom. The second-order valence-corrected chi connectivity index (χ2v) is 26.9. The summed E-state index contributed by atoms with van der Waals surface area (Å²) in [5.74, 6) is -3.46. The molecule has 6 saturated carbocycles. The fourth-order valence-electron chi connectivity index (χ4n) is 18.4. The predicted octanol–water partition coefficient (Wildman–Crippen LogP) is 12.0. The molecule has 6 fully saturated rings. The number of aliphatic carboxylic acids is 2. The van der Waals surface area contributed by atoms with Gasteiger partial charge in [-0.25, -0.2) is 0 Å². The maximum atomic E-state index is 14.9. The van der Waals surface area contributed by atoms with Crippen molar-refractivity contribution in [2.75, 3.05) is 0 Å². The van der Waals surface area contributed by atoms with Crippen LogP contribution in [0.2, 0.25) is 0 Å². The van der Waals surface area contributed by atoms with E-state index in [0.717, 1.165) is 80.9 Å². The summed E-state index contributed by atoms with van der Waals surface area (Å²) in [4.78, 5) is 55.2. The first kappa shape index (κ1) is 45.5. The van der Waals surface area contributed by atoms with Crippen molar-refractivity contribution in [3.63, 3.8) is 0 Å². The van der Waals surface area contributed by atoms with Crippen molar-refractivity contribution in [2.45, 2.75) is 190 Å². The Morgan fingerprint density at radius 2 is 1.10 bits per heavy atom. The van der Waals surface area contributed by atoms with Crippen LogP contribution in [0, 0.1) is 67.5 Å². The number of ether oxygens (including phenoxy) is 2. The van der Waals surface area contributed by atoms with E-state index in [0.29, 0.717) is 48.1 Å². The lowest BCUT2D eigenvalue weighted by Gasteiger charge is -2.70. The summed E-state index contributed by atoms with van der Waals surface area (Å²) in [5, 5.41) is 33.7. The molecule has 10 aliphatic rings. The first-order chi connectivity index (χ1) is 30.9. The van der Waals surface area contributed by atoms with Gasteiger partial charge in [0, 0.05) is 27.5 Å². The summed E-state index contributed by atoms with van der Waals surface area (Å²) in [6.45, 7) is 26.2. The molecule has 0 aromatic heterocycles. The Balaban J connectivity index is 0.977. The van der Waals surface area contributed by atoms with E-state index in [-0.39, 0.29) is 55.9 Å². The monoisotopic (exact) mass is 915 g/mol. The van der Waals surface area contributed by atoms with Crippen LogP contribution in [0.4, 0.5) is 0 Å². The average molecular weight is 915 g/mol. The number of hydrogen-bond donors (Lipinski definition) is 3. The number of carbonyl (C=O) groups excluding carboxylic acids is 2. The van der Waals surface area contributed by atoms with E-state index in [1.54, 1.807) is 13.0 Å². The summed E-state index contributed by atoms with van der Waals surface area (Å²) in [6.07, 6.45) is 19.3. The smallest absolute Gasteiger partial charge is 0.317 e. The molecule has 14 atom stereocenters. The maximum absolute atomic E-state index is 14.9. The van der Waals surface area contributed by atoms with Crippen molar-refractivity contribution in [2.24, 2.45) is 60.6 Å². The minimum atomic E-state index is -2.39. The van der Waals surface area contributed by atoms with Gasteiger partial charge in [0.1, 0.15) is 0 Å². The van der Waals surface area contributed by atoms with Crippen molar-refractivity contribution < 1.29 is 44.0 Å².